The van der Waals surface area contributed by atoms with Crippen LogP contribution in [-0.2, 0) is 0 Å². The molecule has 5 N–H and O–H groups in total. The van der Waals surface area contributed by atoms with Crippen molar-refractivity contribution in [2.24, 2.45) is 11.3 Å². The molecule has 0 amide bonds. The van der Waals surface area contributed by atoms with Crippen molar-refractivity contribution < 1.29 is 10.2 Å². The lowest BCUT2D eigenvalue weighted by molar-refractivity contribution is 0.103. The van der Waals surface area contributed by atoms with Crippen LogP contribution in [-0.4, -0.2) is 54.6 Å². The second-order valence-electron chi connectivity index (χ2n) is 4.27. The molecule has 0 aliphatic carbocycles. The minimum absolute atomic E-state index is 0.130. The van der Waals surface area contributed by atoms with Crippen LogP contribution in [0.2, 0.25) is 0 Å². The minimum Gasteiger partial charge on any atom is -0.396 e. The van der Waals surface area contributed by atoms with Gasteiger partial charge in [-0.2, -0.15) is 0 Å². The lowest BCUT2D eigenvalue weighted by atomic mass is 9.95. The van der Waals surface area contributed by atoms with Crippen LogP contribution in [0.1, 0.15) is 13.8 Å². The van der Waals surface area contributed by atoms with Crippen LogP contribution in [0.15, 0.2) is 0 Å². The number of hydrogen-bond acceptors (Lipinski definition) is 5. The zero-order chi connectivity index (χ0) is 11.0. The Balaban J connectivity index is 3.49. The average Bonchev–Trinajstić information content (AvgIpc) is 2.12. The Labute approximate surface area is 85.9 Å². The van der Waals surface area contributed by atoms with E-state index in [4.69, 9.17) is 16.1 Å². The monoisotopic (exact) mass is 205 g/mol. The molecule has 86 valence electrons. The van der Waals surface area contributed by atoms with E-state index in [0.717, 1.165) is 6.54 Å². The quantitative estimate of drug-likeness (QED) is 0.226. The Kier molecular flexibility index (Phi) is 7.04. The molecule has 0 aromatic rings. The Morgan fingerprint density at radius 1 is 1.29 bits per heavy atom. The SMILES string of the molecule is CC(C)(CO)CN(N)CCNCCO. The molecule has 0 heterocycles. The second kappa shape index (κ2) is 7.14. The maximum Gasteiger partial charge on any atom is 0.0555 e. The second-order valence-corrected chi connectivity index (χ2v) is 4.27. The standard InChI is InChI=1S/C9H23N3O2/c1-9(2,8-14)7-12(10)5-3-11-4-6-13/h11,13-14H,3-8,10H2,1-2H3. The van der Waals surface area contributed by atoms with Crippen LogP contribution >= 0.6 is 0 Å². The lowest BCUT2D eigenvalue weighted by Crippen LogP contribution is -2.44. The maximum absolute atomic E-state index is 9.02. The Morgan fingerprint density at radius 2 is 1.93 bits per heavy atom. The summed E-state index contributed by atoms with van der Waals surface area (Å²) in [5.41, 5.74) is -0.161. The van der Waals surface area contributed by atoms with Gasteiger partial charge in [0.1, 0.15) is 0 Å². The highest BCUT2D eigenvalue weighted by molar-refractivity contribution is 4.70. The first kappa shape index (κ1) is 13.8. The molecule has 0 saturated carbocycles. The predicted molar refractivity (Wildman–Crippen MR) is 56.6 cm³/mol. The van der Waals surface area contributed by atoms with Crippen molar-refractivity contribution in [3.63, 3.8) is 0 Å². The van der Waals surface area contributed by atoms with Gasteiger partial charge in [-0.1, -0.05) is 13.8 Å². The van der Waals surface area contributed by atoms with Gasteiger partial charge >= 0.3 is 0 Å². The summed E-state index contributed by atoms with van der Waals surface area (Å²) in [5, 5.41) is 22.3. The molecule has 0 spiro atoms. The molecule has 0 atom stereocenters. The van der Waals surface area contributed by atoms with Crippen molar-refractivity contribution in [3.8, 4) is 0 Å². The first-order valence-corrected chi connectivity index (χ1v) is 4.94. The highest BCUT2D eigenvalue weighted by Gasteiger charge is 2.18. The van der Waals surface area contributed by atoms with E-state index in [1.807, 2.05) is 13.8 Å². The predicted octanol–water partition coefficient (Wildman–Crippen LogP) is -1.24. The van der Waals surface area contributed by atoms with E-state index < -0.39 is 0 Å². The van der Waals surface area contributed by atoms with Crippen molar-refractivity contribution in [2.45, 2.75) is 13.8 Å². The summed E-state index contributed by atoms with van der Waals surface area (Å²) < 4.78 is 0. The molecule has 0 bridgehead atoms. The van der Waals surface area contributed by atoms with Crippen LogP contribution in [0.5, 0.6) is 0 Å². The topological polar surface area (TPSA) is 81.8 Å². The van der Waals surface area contributed by atoms with Crippen molar-refractivity contribution in [1.29, 1.82) is 0 Å². The van der Waals surface area contributed by atoms with E-state index in [1.165, 1.54) is 0 Å². The van der Waals surface area contributed by atoms with E-state index >= 15 is 0 Å². The Bertz CT molecular complexity index is 142. The number of rotatable bonds is 8. The number of nitrogens with two attached hydrogens (primary N) is 1. The summed E-state index contributed by atoms with van der Waals surface area (Å²) >= 11 is 0. The zero-order valence-corrected chi connectivity index (χ0v) is 9.16. The number of hydrogen-bond donors (Lipinski definition) is 4. The molecule has 0 unspecified atom stereocenters. The van der Waals surface area contributed by atoms with Gasteiger partial charge in [0.15, 0.2) is 0 Å². The third-order valence-corrected chi connectivity index (χ3v) is 1.92. The van der Waals surface area contributed by atoms with Gasteiger partial charge in [0.25, 0.3) is 0 Å². The first-order chi connectivity index (χ1) is 6.52. The van der Waals surface area contributed by atoms with E-state index in [0.29, 0.717) is 19.6 Å². The molecule has 14 heavy (non-hydrogen) atoms. The number of aliphatic hydroxyl groups is 2. The molecule has 0 radical (unpaired) electrons. The molecule has 0 aliphatic heterocycles. The number of nitrogens with zero attached hydrogens (tertiary/aromatic N) is 1. The van der Waals surface area contributed by atoms with Crippen molar-refractivity contribution in [2.75, 3.05) is 39.4 Å². The summed E-state index contributed by atoms with van der Waals surface area (Å²) in [6.45, 7) is 6.92. The van der Waals surface area contributed by atoms with E-state index in [2.05, 4.69) is 5.32 Å². The molecule has 5 nitrogen and oxygen atoms in total. The maximum atomic E-state index is 9.02. The largest absolute Gasteiger partial charge is 0.396 e. The highest BCUT2D eigenvalue weighted by atomic mass is 16.3. The molecule has 0 aromatic carbocycles. The number of nitrogens with one attached hydrogen (secondary N) is 1. The van der Waals surface area contributed by atoms with Crippen LogP contribution in [0.4, 0.5) is 0 Å². The Morgan fingerprint density at radius 3 is 2.43 bits per heavy atom. The van der Waals surface area contributed by atoms with Crippen molar-refractivity contribution >= 4 is 0 Å². The van der Waals surface area contributed by atoms with Crippen LogP contribution in [0, 0.1) is 5.41 Å². The summed E-state index contributed by atoms with van der Waals surface area (Å²) in [6.07, 6.45) is 0. The average molecular weight is 205 g/mol. The number of hydrazine groups is 1. The third-order valence-electron chi connectivity index (χ3n) is 1.92. The molecule has 5 heteroatoms. The van der Waals surface area contributed by atoms with Gasteiger partial charge in [0.2, 0.25) is 0 Å². The molecule has 0 fully saturated rings. The molecule has 0 rings (SSSR count). The van der Waals surface area contributed by atoms with Crippen molar-refractivity contribution in [3.05, 3.63) is 0 Å². The summed E-state index contributed by atoms with van der Waals surface area (Å²) in [7, 11) is 0. The third kappa shape index (κ3) is 7.23. The van der Waals surface area contributed by atoms with Crippen LogP contribution < -0.4 is 11.2 Å². The fourth-order valence-corrected chi connectivity index (χ4v) is 1.11. The molecule has 0 aromatic heterocycles. The normalized spacial score (nSPS) is 12.4. The van der Waals surface area contributed by atoms with E-state index in [1.54, 1.807) is 5.01 Å². The minimum atomic E-state index is -0.161. The van der Waals surface area contributed by atoms with Crippen molar-refractivity contribution in [1.82, 2.24) is 10.3 Å². The van der Waals surface area contributed by atoms with E-state index in [9.17, 15) is 0 Å². The summed E-state index contributed by atoms with van der Waals surface area (Å²) in [4.78, 5) is 0. The van der Waals surface area contributed by atoms with Gasteiger partial charge in [0.05, 0.1) is 6.61 Å². The van der Waals surface area contributed by atoms with Gasteiger partial charge in [-0.25, -0.2) is 5.01 Å². The fourth-order valence-electron chi connectivity index (χ4n) is 1.11. The Hall–Kier alpha value is -0.200. The van der Waals surface area contributed by atoms with Crippen LogP contribution in [0.3, 0.4) is 0 Å². The summed E-state index contributed by atoms with van der Waals surface area (Å²) in [5.74, 6) is 5.74. The van der Waals surface area contributed by atoms with Crippen LogP contribution in [0.25, 0.3) is 0 Å². The van der Waals surface area contributed by atoms with E-state index in [-0.39, 0.29) is 18.6 Å². The van der Waals surface area contributed by atoms with Gasteiger partial charge in [-0.05, 0) is 0 Å². The molecular formula is C9H23N3O2. The van der Waals surface area contributed by atoms with Gasteiger partial charge in [0, 0.05) is 38.2 Å². The molecular weight excluding hydrogens is 182 g/mol. The highest BCUT2D eigenvalue weighted by Crippen LogP contribution is 2.13. The molecule has 0 saturated heterocycles. The lowest BCUT2D eigenvalue weighted by Gasteiger charge is -2.27. The fraction of sp³-hybridized carbons (Fsp3) is 1.00. The van der Waals surface area contributed by atoms with Gasteiger partial charge in [-0.3, -0.25) is 5.84 Å². The molecule has 0 aliphatic rings. The summed E-state index contributed by atoms with van der Waals surface area (Å²) in [6, 6.07) is 0. The zero-order valence-electron chi connectivity index (χ0n) is 9.16. The van der Waals surface area contributed by atoms with Gasteiger partial charge < -0.3 is 15.5 Å². The van der Waals surface area contributed by atoms with Gasteiger partial charge in [-0.15, -0.1) is 0 Å². The smallest absolute Gasteiger partial charge is 0.0555 e. The first-order valence-electron chi connectivity index (χ1n) is 4.94. The number of aliphatic hydroxyl groups excluding tert-OH is 2.